The van der Waals surface area contributed by atoms with Crippen molar-refractivity contribution in [2.75, 3.05) is 13.1 Å². The number of hydrogen-bond acceptors (Lipinski definition) is 4. The van der Waals surface area contributed by atoms with E-state index >= 15 is 0 Å². The van der Waals surface area contributed by atoms with Gasteiger partial charge < -0.3 is 10.1 Å². The van der Waals surface area contributed by atoms with Crippen LogP contribution in [-0.4, -0.2) is 37.3 Å². The summed E-state index contributed by atoms with van der Waals surface area (Å²) in [5.41, 5.74) is 1.78. The van der Waals surface area contributed by atoms with Gasteiger partial charge in [-0.25, -0.2) is 8.42 Å². The summed E-state index contributed by atoms with van der Waals surface area (Å²) in [6, 6.07) is 12.5. The summed E-state index contributed by atoms with van der Waals surface area (Å²) >= 11 is 0. The van der Waals surface area contributed by atoms with Gasteiger partial charge in [0.25, 0.3) is 5.91 Å². The topological polar surface area (TPSA) is 75.7 Å². The molecule has 0 spiro atoms. The highest BCUT2D eigenvalue weighted by Crippen LogP contribution is 2.42. The second kappa shape index (κ2) is 9.47. The van der Waals surface area contributed by atoms with Crippen molar-refractivity contribution >= 4 is 15.9 Å². The minimum atomic E-state index is -3.61. The summed E-state index contributed by atoms with van der Waals surface area (Å²) in [5, 5.41) is 3.19. The first-order chi connectivity index (χ1) is 15.8. The number of nitrogens with zero attached hydrogens (tertiary/aromatic N) is 1. The molecule has 1 amide bonds. The number of hydrogen-bond donors (Lipinski definition) is 1. The van der Waals surface area contributed by atoms with Gasteiger partial charge in [-0.3, -0.25) is 4.79 Å². The van der Waals surface area contributed by atoms with Crippen LogP contribution >= 0.6 is 0 Å². The van der Waals surface area contributed by atoms with E-state index in [4.69, 9.17) is 4.74 Å². The average molecular weight is 471 g/mol. The molecule has 2 heterocycles. The van der Waals surface area contributed by atoms with Crippen LogP contribution in [0.3, 0.4) is 0 Å². The van der Waals surface area contributed by atoms with Crippen LogP contribution in [0.5, 0.6) is 5.75 Å². The average Bonchev–Trinajstić information content (AvgIpc) is 2.84. The van der Waals surface area contributed by atoms with Crippen LogP contribution in [-0.2, 0) is 10.0 Å². The maximum atomic E-state index is 13.4. The summed E-state index contributed by atoms with van der Waals surface area (Å²) in [4.78, 5) is 13.6. The van der Waals surface area contributed by atoms with Gasteiger partial charge in [-0.1, -0.05) is 44.5 Å². The smallest absolute Gasteiger partial charge is 0.252 e. The van der Waals surface area contributed by atoms with Crippen molar-refractivity contribution in [1.82, 2.24) is 9.62 Å². The molecule has 1 atom stereocenters. The molecule has 7 heteroatoms. The number of carbonyl (C=O) groups excluding carboxylic acids is 1. The van der Waals surface area contributed by atoms with Crippen molar-refractivity contribution < 1.29 is 17.9 Å². The lowest BCUT2D eigenvalue weighted by atomic mass is 9.83. The summed E-state index contributed by atoms with van der Waals surface area (Å²) in [6.07, 6.45) is 5.15. The third-order valence-electron chi connectivity index (χ3n) is 7.20. The molecule has 1 N–H and O–H groups in total. The van der Waals surface area contributed by atoms with E-state index in [0.717, 1.165) is 49.0 Å². The van der Waals surface area contributed by atoms with Gasteiger partial charge in [-0.05, 0) is 56.4 Å². The molecule has 4 rings (SSSR count). The van der Waals surface area contributed by atoms with Crippen LogP contribution in [0.2, 0.25) is 0 Å². The lowest BCUT2D eigenvalue weighted by Crippen LogP contribution is -2.44. The van der Waals surface area contributed by atoms with Crippen molar-refractivity contribution in [3.05, 3.63) is 59.2 Å². The van der Waals surface area contributed by atoms with E-state index in [0.29, 0.717) is 25.1 Å². The zero-order valence-corrected chi connectivity index (χ0v) is 20.6. The monoisotopic (exact) mass is 470 g/mol. The van der Waals surface area contributed by atoms with Gasteiger partial charge in [0.1, 0.15) is 11.4 Å². The van der Waals surface area contributed by atoms with Gasteiger partial charge in [0.15, 0.2) is 0 Å². The Balaban J connectivity index is 1.63. The van der Waals surface area contributed by atoms with E-state index in [1.54, 1.807) is 12.1 Å². The van der Waals surface area contributed by atoms with Crippen LogP contribution in [0.4, 0.5) is 0 Å². The zero-order valence-electron chi connectivity index (χ0n) is 19.8. The van der Waals surface area contributed by atoms with Crippen LogP contribution in [0.15, 0.2) is 47.4 Å². The molecule has 2 aliphatic rings. The van der Waals surface area contributed by atoms with E-state index in [9.17, 15) is 13.2 Å². The summed E-state index contributed by atoms with van der Waals surface area (Å²) in [7, 11) is -3.61. The standard InChI is InChI=1S/C26H34N2O4S/c1-4-26(5-2)18-23(21-11-7-8-12-24(21)32-26)27-25(29)22-17-20(14-13-19(22)3)33(30,31)28-15-9-6-10-16-28/h7-8,11-14,17,23H,4-6,9-10,15-16,18H2,1-3H3,(H,27,29)/t23-/m1/s1. The zero-order chi connectivity index (χ0) is 23.6. The lowest BCUT2D eigenvalue weighted by Gasteiger charge is -2.41. The van der Waals surface area contributed by atoms with Crippen molar-refractivity contribution in [3.8, 4) is 5.75 Å². The number of aryl methyl sites for hydroxylation is 1. The highest BCUT2D eigenvalue weighted by Gasteiger charge is 2.39. The van der Waals surface area contributed by atoms with Gasteiger partial charge in [-0.15, -0.1) is 0 Å². The Labute approximate surface area is 197 Å². The van der Waals surface area contributed by atoms with Crippen LogP contribution < -0.4 is 10.1 Å². The molecule has 0 radical (unpaired) electrons. The first-order valence-electron chi connectivity index (χ1n) is 12.0. The largest absolute Gasteiger partial charge is 0.487 e. The molecule has 2 aliphatic heterocycles. The normalized spacial score (nSPS) is 20.5. The minimum absolute atomic E-state index is 0.184. The number of carbonyl (C=O) groups is 1. The lowest BCUT2D eigenvalue weighted by molar-refractivity contribution is 0.0227. The van der Waals surface area contributed by atoms with Crippen LogP contribution in [0, 0.1) is 6.92 Å². The fourth-order valence-electron chi connectivity index (χ4n) is 4.93. The quantitative estimate of drug-likeness (QED) is 0.646. The number of amides is 1. The van der Waals surface area contributed by atoms with Gasteiger partial charge >= 0.3 is 0 Å². The number of para-hydroxylation sites is 1. The Kier molecular flexibility index (Phi) is 6.82. The molecule has 33 heavy (non-hydrogen) atoms. The minimum Gasteiger partial charge on any atom is -0.487 e. The molecule has 6 nitrogen and oxygen atoms in total. The van der Waals surface area contributed by atoms with Gasteiger partial charge in [0.05, 0.1) is 10.9 Å². The summed E-state index contributed by atoms with van der Waals surface area (Å²) < 4.78 is 34.2. The predicted octanol–water partition coefficient (Wildman–Crippen LogP) is 4.98. The molecule has 178 valence electrons. The first kappa shape index (κ1) is 23.8. The second-order valence-electron chi connectivity index (χ2n) is 9.20. The Morgan fingerprint density at radius 2 is 1.79 bits per heavy atom. The molecule has 1 fully saturated rings. The van der Waals surface area contributed by atoms with Crippen LogP contribution in [0.1, 0.15) is 79.9 Å². The molecule has 2 aromatic rings. The Morgan fingerprint density at radius 1 is 1.09 bits per heavy atom. The summed E-state index contributed by atoms with van der Waals surface area (Å²) in [6.45, 7) is 7.12. The number of rotatable bonds is 6. The molecule has 1 saturated heterocycles. The molecule has 0 bridgehead atoms. The van der Waals surface area contributed by atoms with Crippen molar-refractivity contribution in [2.45, 2.75) is 75.8 Å². The molecule has 0 saturated carbocycles. The second-order valence-corrected chi connectivity index (χ2v) is 11.1. The van der Waals surface area contributed by atoms with Gasteiger partial charge in [0, 0.05) is 30.6 Å². The molecular weight excluding hydrogens is 436 g/mol. The third-order valence-corrected chi connectivity index (χ3v) is 9.09. The third kappa shape index (κ3) is 4.66. The molecule has 2 aromatic carbocycles. The van der Waals surface area contributed by atoms with E-state index in [1.165, 1.54) is 10.4 Å². The number of ether oxygens (including phenoxy) is 1. The highest BCUT2D eigenvalue weighted by atomic mass is 32.2. The predicted molar refractivity (Wildman–Crippen MR) is 129 cm³/mol. The number of benzene rings is 2. The first-order valence-corrected chi connectivity index (χ1v) is 13.4. The maximum absolute atomic E-state index is 13.4. The van der Waals surface area contributed by atoms with E-state index in [1.807, 2.05) is 31.2 Å². The number of nitrogens with one attached hydrogen (secondary N) is 1. The molecule has 0 aliphatic carbocycles. The molecular formula is C26H34N2O4S. The Morgan fingerprint density at radius 3 is 2.48 bits per heavy atom. The van der Waals surface area contributed by atoms with E-state index in [2.05, 4.69) is 19.2 Å². The highest BCUT2D eigenvalue weighted by molar-refractivity contribution is 7.89. The Bertz CT molecular complexity index is 1120. The molecule has 0 aromatic heterocycles. The van der Waals surface area contributed by atoms with Gasteiger partial charge in [0.2, 0.25) is 10.0 Å². The van der Waals surface area contributed by atoms with Crippen molar-refractivity contribution in [1.29, 1.82) is 0 Å². The fourth-order valence-corrected chi connectivity index (χ4v) is 6.47. The SMILES string of the molecule is CCC1(CC)C[C@@H](NC(=O)c2cc(S(=O)(=O)N3CCCCC3)ccc2C)c2ccccc2O1. The number of fused-ring (bicyclic) bond motifs is 1. The fraction of sp³-hybridized carbons (Fsp3) is 0.500. The number of sulfonamides is 1. The van der Waals surface area contributed by atoms with Crippen molar-refractivity contribution in [3.63, 3.8) is 0 Å². The van der Waals surface area contributed by atoms with E-state index in [-0.39, 0.29) is 22.4 Å². The Hall–Kier alpha value is -2.38. The summed E-state index contributed by atoms with van der Waals surface area (Å²) in [5.74, 6) is 0.543. The number of piperidine rings is 1. The molecule has 0 unspecified atom stereocenters. The van der Waals surface area contributed by atoms with E-state index < -0.39 is 10.0 Å². The van der Waals surface area contributed by atoms with Gasteiger partial charge in [-0.2, -0.15) is 4.31 Å². The van der Waals surface area contributed by atoms with Crippen molar-refractivity contribution in [2.24, 2.45) is 0 Å². The van der Waals surface area contributed by atoms with Crippen LogP contribution in [0.25, 0.3) is 0 Å². The maximum Gasteiger partial charge on any atom is 0.252 e.